The number of hydrogen-bond acceptors (Lipinski definition) is 15. The van der Waals surface area contributed by atoms with Gasteiger partial charge >= 0.3 is 39.5 Å². The van der Waals surface area contributed by atoms with E-state index in [1.54, 1.807) is 0 Å². The Morgan fingerprint density at radius 2 is 0.505 bits per heavy atom. The highest BCUT2D eigenvalue weighted by atomic mass is 31.2. The Kier molecular flexibility index (Phi) is 65.2. The Bertz CT molecular complexity index is 1860. The fourth-order valence-electron chi connectivity index (χ4n) is 11.5. The van der Waals surface area contributed by atoms with Crippen LogP contribution in [0.2, 0.25) is 0 Å². The van der Waals surface area contributed by atoms with Crippen molar-refractivity contribution in [2.45, 2.75) is 407 Å². The molecule has 0 bridgehead atoms. The summed E-state index contributed by atoms with van der Waals surface area (Å²) in [6.45, 7) is 11.9. The standard InChI is InChI=1S/C76H148O17P2/c1-8-12-13-40-50-57-73(78)86-63-71(93-76(81)60-53-46-39-38-43-49-56-69(7)11-4)65-90-94(82,83)88-61-70(77)62-89-95(84,85)91-66-72(64-87-74(79)58-51-44-36-32-28-24-21-20-23-27-31-35-42-48-55-68(6)10-3)92-75(80)59-52-45-37-33-29-25-19-17-15-14-16-18-22-26-30-34-41-47-54-67(5)9-2/h67-72,77H,8-66H2,1-7H3,(H,82,83)(H,84,85)/t67?,68?,69?,70-,71+,72+/m0/s1. The SMILES string of the molecule is CCCCCCCC(=O)OC[C@H](COP(=O)(O)OC[C@H](O)COP(=O)(O)OC[C@@H](COC(=O)CCCCCCCCCCCCCCCCC(C)CC)OC(=O)CCCCCCCCCCCCCCCCCCCCC(C)CC)OC(=O)CCCCCCCCC(C)CC. The highest BCUT2D eigenvalue weighted by molar-refractivity contribution is 7.47. The van der Waals surface area contributed by atoms with Gasteiger partial charge in [-0.15, -0.1) is 0 Å². The van der Waals surface area contributed by atoms with Crippen molar-refractivity contribution in [3.63, 3.8) is 0 Å². The monoisotopic (exact) mass is 1400 g/mol. The maximum atomic E-state index is 13.1. The number of hydrogen-bond donors (Lipinski definition) is 3. The van der Waals surface area contributed by atoms with Crippen molar-refractivity contribution in [1.82, 2.24) is 0 Å². The second-order valence-electron chi connectivity index (χ2n) is 28.1. The third kappa shape index (κ3) is 66.4. The van der Waals surface area contributed by atoms with Gasteiger partial charge in [0.15, 0.2) is 12.2 Å². The quantitative estimate of drug-likeness (QED) is 0.0222. The van der Waals surface area contributed by atoms with E-state index in [1.165, 1.54) is 193 Å². The Morgan fingerprint density at radius 1 is 0.295 bits per heavy atom. The molecule has 95 heavy (non-hydrogen) atoms. The molecule has 3 N–H and O–H groups in total. The van der Waals surface area contributed by atoms with Gasteiger partial charge in [-0.1, -0.05) is 337 Å². The largest absolute Gasteiger partial charge is 0.472 e. The fourth-order valence-corrected chi connectivity index (χ4v) is 13.1. The normalized spacial score (nSPS) is 14.9. The highest BCUT2D eigenvalue weighted by Crippen LogP contribution is 2.45. The molecule has 19 heteroatoms. The molecule has 564 valence electrons. The van der Waals surface area contributed by atoms with E-state index in [2.05, 4.69) is 48.5 Å². The minimum atomic E-state index is -4.96. The summed E-state index contributed by atoms with van der Waals surface area (Å²) in [5.41, 5.74) is 0. The molecule has 0 saturated carbocycles. The summed E-state index contributed by atoms with van der Waals surface area (Å²) < 4.78 is 68.2. The molecule has 0 aromatic carbocycles. The Hall–Kier alpha value is -1.94. The number of rotatable bonds is 74. The summed E-state index contributed by atoms with van der Waals surface area (Å²) in [7, 11) is -9.90. The van der Waals surface area contributed by atoms with Gasteiger partial charge in [0, 0.05) is 25.7 Å². The molecule has 0 heterocycles. The van der Waals surface area contributed by atoms with E-state index in [4.69, 9.17) is 37.0 Å². The van der Waals surface area contributed by atoms with Crippen LogP contribution in [0.25, 0.3) is 0 Å². The average Bonchev–Trinajstić information content (AvgIpc) is 2.15. The van der Waals surface area contributed by atoms with E-state index in [-0.39, 0.29) is 25.7 Å². The van der Waals surface area contributed by atoms with Crippen molar-refractivity contribution in [2.24, 2.45) is 17.8 Å². The molecule has 0 aromatic heterocycles. The molecule has 0 rings (SSSR count). The van der Waals surface area contributed by atoms with Crippen LogP contribution in [-0.2, 0) is 65.4 Å². The molecule has 0 aliphatic heterocycles. The molecule has 0 amide bonds. The van der Waals surface area contributed by atoms with Crippen molar-refractivity contribution in [1.29, 1.82) is 0 Å². The van der Waals surface area contributed by atoms with Crippen LogP contribution in [0.5, 0.6) is 0 Å². The van der Waals surface area contributed by atoms with Crippen LogP contribution in [-0.4, -0.2) is 96.7 Å². The molecule has 8 atom stereocenters. The molecule has 5 unspecified atom stereocenters. The van der Waals surface area contributed by atoms with Gasteiger partial charge in [-0.05, 0) is 43.4 Å². The van der Waals surface area contributed by atoms with Crippen LogP contribution < -0.4 is 0 Å². The Labute approximate surface area is 581 Å². The van der Waals surface area contributed by atoms with E-state index in [0.717, 1.165) is 114 Å². The molecule has 0 saturated heterocycles. The summed E-state index contributed by atoms with van der Waals surface area (Å²) >= 11 is 0. The van der Waals surface area contributed by atoms with E-state index in [1.807, 2.05) is 0 Å². The summed E-state index contributed by atoms with van der Waals surface area (Å²) in [6.07, 6.45) is 53.3. The molecular formula is C76H148O17P2. The van der Waals surface area contributed by atoms with Crippen molar-refractivity contribution < 1.29 is 80.2 Å². The summed E-state index contributed by atoms with van der Waals surface area (Å²) in [5.74, 6) is 0.308. The van der Waals surface area contributed by atoms with E-state index in [0.29, 0.717) is 25.7 Å². The summed E-state index contributed by atoms with van der Waals surface area (Å²) in [6, 6.07) is 0. The number of carbonyl (C=O) groups excluding carboxylic acids is 4. The first kappa shape index (κ1) is 93.1. The van der Waals surface area contributed by atoms with Gasteiger partial charge in [0.2, 0.25) is 0 Å². The summed E-state index contributed by atoms with van der Waals surface area (Å²) in [4.78, 5) is 72.4. The lowest BCUT2D eigenvalue weighted by atomic mass is 9.99. The molecule has 0 aliphatic rings. The van der Waals surface area contributed by atoms with Crippen molar-refractivity contribution in [3.05, 3.63) is 0 Å². The maximum Gasteiger partial charge on any atom is 0.472 e. The lowest BCUT2D eigenvalue weighted by Crippen LogP contribution is -2.30. The summed E-state index contributed by atoms with van der Waals surface area (Å²) in [5, 5.41) is 10.6. The first-order chi connectivity index (χ1) is 45.8. The molecule has 0 spiro atoms. The Balaban J connectivity index is 5.12. The van der Waals surface area contributed by atoms with Gasteiger partial charge in [-0.2, -0.15) is 0 Å². The number of carbonyl (C=O) groups is 4. The molecular weight excluding hydrogens is 1250 g/mol. The lowest BCUT2D eigenvalue weighted by molar-refractivity contribution is -0.161. The van der Waals surface area contributed by atoms with Crippen LogP contribution in [0.15, 0.2) is 0 Å². The van der Waals surface area contributed by atoms with Crippen LogP contribution in [0, 0.1) is 17.8 Å². The van der Waals surface area contributed by atoms with Crippen LogP contribution in [0.1, 0.15) is 389 Å². The van der Waals surface area contributed by atoms with Crippen LogP contribution in [0.3, 0.4) is 0 Å². The van der Waals surface area contributed by atoms with E-state index in [9.17, 15) is 43.2 Å². The van der Waals surface area contributed by atoms with Crippen LogP contribution in [0.4, 0.5) is 0 Å². The third-order valence-electron chi connectivity index (χ3n) is 18.7. The topological polar surface area (TPSA) is 237 Å². The zero-order valence-electron chi connectivity index (χ0n) is 62.1. The van der Waals surface area contributed by atoms with Crippen molar-refractivity contribution in [3.8, 4) is 0 Å². The first-order valence-corrected chi connectivity index (χ1v) is 42.5. The van der Waals surface area contributed by atoms with Crippen LogP contribution >= 0.6 is 15.6 Å². The number of esters is 4. The smallest absolute Gasteiger partial charge is 0.462 e. The van der Waals surface area contributed by atoms with Gasteiger partial charge < -0.3 is 33.8 Å². The average molecular weight is 1400 g/mol. The zero-order chi connectivity index (χ0) is 70.1. The van der Waals surface area contributed by atoms with Gasteiger partial charge in [0.25, 0.3) is 0 Å². The minimum Gasteiger partial charge on any atom is -0.462 e. The lowest BCUT2D eigenvalue weighted by Gasteiger charge is -2.21. The Morgan fingerprint density at radius 3 is 0.747 bits per heavy atom. The van der Waals surface area contributed by atoms with Gasteiger partial charge in [0.05, 0.1) is 26.4 Å². The number of aliphatic hydroxyl groups excluding tert-OH is 1. The minimum absolute atomic E-state index is 0.102. The van der Waals surface area contributed by atoms with E-state index >= 15 is 0 Å². The van der Waals surface area contributed by atoms with Crippen molar-refractivity contribution in [2.75, 3.05) is 39.6 Å². The molecule has 0 aromatic rings. The first-order valence-electron chi connectivity index (χ1n) is 39.5. The number of aliphatic hydroxyl groups is 1. The molecule has 0 radical (unpaired) electrons. The predicted molar refractivity (Wildman–Crippen MR) is 386 cm³/mol. The number of phosphoric ester groups is 2. The maximum absolute atomic E-state index is 13.1. The zero-order valence-corrected chi connectivity index (χ0v) is 63.9. The second kappa shape index (κ2) is 66.6. The highest BCUT2D eigenvalue weighted by Gasteiger charge is 2.30. The van der Waals surface area contributed by atoms with E-state index < -0.39 is 97.5 Å². The molecule has 0 aliphatic carbocycles. The molecule has 0 fully saturated rings. The second-order valence-corrected chi connectivity index (χ2v) is 31.0. The van der Waals surface area contributed by atoms with Gasteiger partial charge in [-0.25, -0.2) is 9.13 Å². The number of ether oxygens (including phenoxy) is 4. The third-order valence-corrected chi connectivity index (χ3v) is 20.6. The predicted octanol–water partition coefficient (Wildman–Crippen LogP) is 22.2. The number of phosphoric acid groups is 2. The molecule has 17 nitrogen and oxygen atoms in total. The number of unbranched alkanes of at least 4 members (excludes halogenated alkanes) is 39. The van der Waals surface area contributed by atoms with Crippen molar-refractivity contribution >= 4 is 39.5 Å². The van der Waals surface area contributed by atoms with Gasteiger partial charge in [-0.3, -0.25) is 37.3 Å². The van der Waals surface area contributed by atoms with Gasteiger partial charge in [0.1, 0.15) is 19.3 Å². The fraction of sp³-hybridized carbons (Fsp3) is 0.947.